The van der Waals surface area contributed by atoms with Crippen LogP contribution >= 0.6 is 0 Å². The lowest BCUT2D eigenvalue weighted by Crippen LogP contribution is -2.52. The fourth-order valence-electron chi connectivity index (χ4n) is 5.36. The lowest BCUT2D eigenvalue weighted by Gasteiger charge is -2.39. The molecule has 11 heteroatoms. The van der Waals surface area contributed by atoms with Crippen LogP contribution in [0.5, 0.6) is 0 Å². The maximum atomic E-state index is 13.7. The number of pyridine rings is 1. The van der Waals surface area contributed by atoms with Gasteiger partial charge in [-0.3, -0.25) is 9.79 Å². The third-order valence-corrected chi connectivity index (χ3v) is 7.43. The molecule has 2 unspecified atom stereocenters. The highest BCUT2D eigenvalue weighted by atomic mass is 19.1. The van der Waals surface area contributed by atoms with Gasteiger partial charge in [-0.1, -0.05) is 6.07 Å². The topological polar surface area (TPSA) is 93.5 Å². The molecule has 38 heavy (non-hydrogen) atoms. The molecule has 2 radical (unpaired) electrons. The van der Waals surface area contributed by atoms with E-state index in [1.807, 2.05) is 29.2 Å². The number of aliphatic imine (C=N–C) groups is 1. The number of hydrogen-bond acceptors (Lipinski definition) is 8. The van der Waals surface area contributed by atoms with Gasteiger partial charge in [0, 0.05) is 31.9 Å². The minimum absolute atomic E-state index is 0.147. The molecule has 0 saturated carbocycles. The van der Waals surface area contributed by atoms with Crippen molar-refractivity contribution in [2.45, 2.75) is 38.1 Å². The monoisotopic (exact) mass is 514 g/mol. The van der Waals surface area contributed by atoms with Crippen molar-refractivity contribution in [1.29, 1.82) is 0 Å². The van der Waals surface area contributed by atoms with Gasteiger partial charge in [0.15, 0.2) is 0 Å². The number of rotatable bonds is 5. The van der Waals surface area contributed by atoms with E-state index in [2.05, 4.69) is 20.2 Å². The first-order valence-electron chi connectivity index (χ1n) is 12.6. The zero-order valence-corrected chi connectivity index (χ0v) is 21.3. The lowest BCUT2D eigenvalue weighted by molar-refractivity contribution is -0.0928. The molecule has 194 valence electrons. The van der Waals surface area contributed by atoms with Gasteiger partial charge in [-0.05, 0) is 49.2 Å². The zero-order valence-electron chi connectivity index (χ0n) is 21.3. The average molecular weight is 514 g/mol. The predicted molar refractivity (Wildman–Crippen MR) is 143 cm³/mol. The molecular weight excluding hydrogens is 486 g/mol. The molecule has 4 aliphatic heterocycles. The Morgan fingerprint density at radius 1 is 1.26 bits per heavy atom. The fraction of sp³-hybridized carbons (Fsp3) is 0.370. The summed E-state index contributed by atoms with van der Waals surface area (Å²) >= 11 is 0. The van der Waals surface area contributed by atoms with Gasteiger partial charge in [0.1, 0.15) is 23.6 Å². The number of allylic oxidation sites excluding steroid dienone is 2. The van der Waals surface area contributed by atoms with Gasteiger partial charge >= 0.3 is 0 Å². The number of amidine groups is 1. The number of ether oxygens (including phenoxy) is 1. The molecule has 0 spiro atoms. The van der Waals surface area contributed by atoms with Crippen LogP contribution in [-0.4, -0.2) is 77.5 Å². The first kappa shape index (κ1) is 24.6. The minimum atomic E-state index is -0.938. The summed E-state index contributed by atoms with van der Waals surface area (Å²) in [5.74, 6) is 0.549. The number of morpholine rings is 1. The van der Waals surface area contributed by atoms with Gasteiger partial charge in [0.05, 0.1) is 47.9 Å². The van der Waals surface area contributed by atoms with Crippen molar-refractivity contribution in [3.8, 4) is 0 Å². The summed E-state index contributed by atoms with van der Waals surface area (Å²) in [5, 5.41) is 13.6. The summed E-state index contributed by atoms with van der Waals surface area (Å²) in [5.41, 5.74) is 2.88. The van der Waals surface area contributed by atoms with Crippen molar-refractivity contribution in [2.24, 2.45) is 4.99 Å². The Hall–Kier alpha value is -3.70. The molecule has 2 N–H and O–H groups in total. The summed E-state index contributed by atoms with van der Waals surface area (Å²) in [4.78, 5) is 27.4. The Labute approximate surface area is 221 Å². The van der Waals surface area contributed by atoms with Crippen molar-refractivity contribution in [1.82, 2.24) is 14.7 Å². The van der Waals surface area contributed by atoms with Gasteiger partial charge in [0.25, 0.3) is 0 Å². The van der Waals surface area contributed by atoms with Crippen LogP contribution in [0.25, 0.3) is 0 Å². The van der Waals surface area contributed by atoms with Crippen LogP contribution in [0.4, 0.5) is 21.6 Å². The number of aliphatic hydroxyl groups is 1. The third-order valence-electron chi connectivity index (χ3n) is 7.43. The van der Waals surface area contributed by atoms with E-state index in [0.717, 1.165) is 16.8 Å². The molecule has 1 saturated heterocycles. The number of carbonyl (C=O) groups excluding carboxylic acids is 1. The molecule has 2 aromatic rings. The fourth-order valence-corrected chi connectivity index (χ4v) is 5.36. The quantitative estimate of drug-likeness (QED) is 0.593. The highest BCUT2D eigenvalue weighted by Crippen LogP contribution is 2.39. The second-order valence-electron chi connectivity index (χ2n) is 10.4. The summed E-state index contributed by atoms with van der Waals surface area (Å²) in [7, 11) is 6.04. The van der Waals surface area contributed by atoms with E-state index in [1.54, 1.807) is 26.2 Å². The first-order valence-corrected chi connectivity index (χ1v) is 12.6. The molecule has 0 bridgehead atoms. The van der Waals surface area contributed by atoms with Crippen LogP contribution in [0.2, 0.25) is 0 Å². The van der Waals surface area contributed by atoms with E-state index in [-0.39, 0.29) is 30.4 Å². The number of fused-ring (bicyclic) bond motifs is 2. The molecule has 5 heterocycles. The van der Waals surface area contributed by atoms with Crippen LogP contribution in [0.1, 0.15) is 41.4 Å². The summed E-state index contributed by atoms with van der Waals surface area (Å²) in [6, 6.07) is 7.50. The van der Waals surface area contributed by atoms with Crippen LogP contribution < -0.4 is 10.2 Å². The number of benzene rings is 1. The lowest BCUT2D eigenvalue weighted by atomic mass is 9.95. The van der Waals surface area contributed by atoms with E-state index < -0.39 is 5.60 Å². The van der Waals surface area contributed by atoms with Crippen LogP contribution in [0.3, 0.4) is 0 Å². The van der Waals surface area contributed by atoms with E-state index in [0.29, 0.717) is 49.1 Å². The van der Waals surface area contributed by atoms with Crippen molar-refractivity contribution in [3.05, 3.63) is 71.3 Å². The Morgan fingerprint density at radius 3 is 2.87 bits per heavy atom. The Bertz CT molecular complexity index is 1370. The summed E-state index contributed by atoms with van der Waals surface area (Å²) in [6.07, 6.45) is 5.98. The zero-order chi connectivity index (χ0) is 26.6. The number of aromatic nitrogens is 1. The molecule has 4 aliphatic rings. The van der Waals surface area contributed by atoms with Crippen molar-refractivity contribution in [3.63, 3.8) is 0 Å². The molecule has 2 atom stereocenters. The van der Waals surface area contributed by atoms with E-state index in [9.17, 15) is 14.3 Å². The molecule has 1 amide bonds. The smallest absolute Gasteiger partial charge is 0.243 e. The second-order valence-corrected chi connectivity index (χ2v) is 10.4. The van der Waals surface area contributed by atoms with Gasteiger partial charge in [-0.15, -0.1) is 0 Å². The molecule has 1 aromatic carbocycles. The molecule has 0 aliphatic carbocycles. The van der Waals surface area contributed by atoms with Gasteiger partial charge in [0.2, 0.25) is 13.9 Å². The SMILES string of the molecule is [B]N1Cc2c(C3CN=C4C=C(F)C=CN43)ccc(Nc3ccc(N4CCOC(C(C)(C)O)C4)cn3)c2C1=O. The van der Waals surface area contributed by atoms with Crippen LogP contribution in [0, 0.1) is 0 Å². The molecule has 9 nitrogen and oxygen atoms in total. The number of nitrogens with zero attached hydrogens (tertiary/aromatic N) is 5. The summed E-state index contributed by atoms with van der Waals surface area (Å²) < 4.78 is 19.4. The largest absolute Gasteiger partial charge is 0.389 e. The van der Waals surface area contributed by atoms with E-state index >= 15 is 0 Å². The molecule has 1 aromatic heterocycles. The highest BCUT2D eigenvalue weighted by molar-refractivity contribution is 6.21. The van der Waals surface area contributed by atoms with Gasteiger partial charge in [-0.25, -0.2) is 9.37 Å². The highest BCUT2D eigenvalue weighted by Gasteiger charge is 2.36. The van der Waals surface area contributed by atoms with Crippen LogP contribution in [0.15, 0.2) is 59.6 Å². The second kappa shape index (κ2) is 9.25. The van der Waals surface area contributed by atoms with Crippen molar-refractivity contribution in [2.75, 3.05) is 36.5 Å². The van der Waals surface area contributed by atoms with Crippen molar-refractivity contribution < 1.29 is 19.0 Å². The third kappa shape index (κ3) is 4.35. The van der Waals surface area contributed by atoms with E-state index in [4.69, 9.17) is 12.7 Å². The number of halogens is 1. The van der Waals surface area contributed by atoms with Gasteiger partial charge in [-0.2, -0.15) is 0 Å². The predicted octanol–water partition coefficient (Wildman–Crippen LogP) is 2.98. The minimum Gasteiger partial charge on any atom is -0.389 e. The number of carbonyl (C=O) groups is 1. The average Bonchev–Trinajstić information content (AvgIpc) is 3.44. The molecular formula is C27H28BFN6O3. The maximum Gasteiger partial charge on any atom is 0.243 e. The van der Waals surface area contributed by atoms with Gasteiger partial charge < -0.3 is 29.8 Å². The van der Waals surface area contributed by atoms with E-state index in [1.165, 1.54) is 17.0 Å². The van der Waals surface area contributed by atoms with Crippen molar-refractivity contribution >= 4 is 36.9 Å². The number of nitrogens with one attached hydrogen (secondary N) is 1. The van der Waals surface area contributed by atoms with Crippen LogP contribution in [-0.2, 0) is 11.3 Å². The molecule has 6 rings (SSSR count). The Balaban J connectivity index is 1.24. The number of amides is 1. The summed E-state index contributed by atoms with van der Waals surface area (Å²) in [6.45, 7) is 6.03. The molecule has 1 fully saturated rings. The Morgan fingerprint density at radius 2 is 2.11 bits per heavy atom. The maximum absolute atomic E-state index is 13.7. The first-order chi connectivity index (χ1) is 18.2. The standard InChI is InChI=1S/C27H28BFN6O3/c1-27(2,37)22-15-33(9-10-38-22)17-3-6-23(30-12-17)32-20-5-4-18(19-14-35(28)26(36)25(19)20)21-13-31-24-11-16(29)7-8-34(21)24/h3-8,11-12,21-22,37H,9-10,13-15H2,1-2H3,(H,30,32). The number of anilines is 3. The Kier molecular flexibility index (Phi) is 5.99. The number of hydrogen-bond donors (Lipinski definition) is 2. The normalized spacial score (nSPS) is 22.8.